The van der Waals surface area contributed by atoms with Crippen molar-refractivity contribution in [3.63, 3.8) is 0 Å². The Morgan fingerprint density at radius 3 is 2.48 bits per heavy atom. The van der Waals surface area contributed by atoms with Gasteiger partial charge in [0.1, 0.15) is 5.65 Å². The number of hydrogen-bond donors (Lipinski definition) is 2. The second-order valence-corrected chi connectivity index (χ2v) is 5.61. The van der Waals surface area contributed by atoms with Crippen LogP contribution in [-0.4, -0.2) is 26.0 Å². The van der Waals surface area contributed by atoms with Gasteiger partial charge in [0, 0.05) is 40.2 Å². The molecule has 4 rings (SSSR count). The first-order chi connectivity index (χ1) is 12.0. The molecule has 7 nitrogen and oxygen atoms in total. The maximum Gasteiger partial charge on any atom is 0.335 e. The average molecular weight is 333 g/mol. The Labute approximate surface area is 140 Å². The molecule has 4 aromatic rings. The zero-order valence-corrected chi connectivity index (χ0v) is 12.8. The highest BCUT2D eigenvalue weighted by molar-refractivity contribution is 6.07. The number of nitro groups is 1. The van der Waals surface area contributed by atoms with Gasteiger partial charge in [0.05, 0.1) is 10.5 Å². The lowest BCUT2D eigenvalue weighted by Gasteiger charge is -2.02. The summed E-state index contributed by atoms with van der Waals surface area (Å²) in [6, 6.07) is 13.0. The van der Waals surface area contributed by atoms with Crippen LogP contribution in [0.15, 0.2) is 54.7 Å². The van der Waals surface area contributed by atoms with E-state index in [0.717, 1.165) is 27.4 Å². The van der Waals surface area contributed by atoms with E-state index in [4.69, 9.17) is 5.11 Å². The number of carboxylic acids is 1. The van der Waals surface area contributed by atoms with E-state index in [0.29, 0.717) is 5.65 Å². The summed E-state index contributed by atoms with van der Waals surface area (Å²) in [7, 11) is 0. The number of rotatable bonds is 3. The van der Waals surface area contributed by atoms with Crippen LogP contribution in [0.4, 0.5) is 5.69 Å². The fraction of sp³-hybridized carbons (Fsp3) is 0. The molecule has 0 saturated carbocycles. The molecule has 2 heterocycles. The van der Waals surface area contributed by atoms with Gasteiger partial charge in [-0.05, 0) is 29.8 Å². The Morgan fingerprint density at radius 1 is 1.04 bits per heavy atom. The summed E-state index contributed by atoms with van der Waals surface area (Å²) < 4.78 is 0. The number of benzene rings is 2. The van der Waals surface area contributed by atoms with Gasteiger partial charge in [-0.2, -0.15) is 0 Å². The number of fused-ring (bicyclic) bond motifs is 3. The number of carboxylic acid groups (broad SMARTS) is 1. The molecule has 2 aromatic carbocycles. The Morgan fingerprint density at radius 2 is 1.80 bits per heavy atom. The van der Waals surface area contributed by atoms with Crippen molar-refractivity contribution in [2.45, 2.75) is 0 Å². The van der Waals surface area contributed by atoms with E-state index in [9.17, 15) is 14.9 Å². The molecule has 25 heavy (non-hydrogen) atoms. The Kier molecular flexibility index (Phi) is 3.21. The first kappa shape index (κ1) is 14.8. The fourth-order valence-corrected chi connectivity index (χ4v) is 2.84. The maximum atomic E-state index is 11.0. The first-order valence-electron chi connectivity index (χ1n) is 7.42. The molecule has 2 N–H and O–H groups in total. The molecule has 0 saturated heterocycles. The first-order valence-corrected chi connectivity index (χ1v) is 7.42. The number of non-ortho nitro benzene ring substituents is 1. The second-order valence-electron chi connectivity index (χ2n) is 5.61. The largest absolute Gasteiger partial charge is 0.478 e. The summed E-state index contributed by atoms with van der Waals surface area (Å²) in [5.41, 5.74) is 3.26. The predicted molar refractivity (Wildman–Crippen MR) is 92.6 cm³/mol. The summed E-state index contributed by atoms with van der Waals surface area (Å²) in [5, 5.41) is 21.5. The third kappa shape index (κ3) is 2.47. The minimum Gasteiger partial charge on any atom is -0.478 e. The number of aromatic amines is 1. The van der Waals surface area contributed by atoms with Crippen LogP contribution in [0, 0.1) is 10.1 Å². The third-order valence-corrected chi connectivity index (χ3v) is 4.11. The van der Waals surface area contributed by atoms with Crippen molar-refractivity contribution in [1.29, 1.82) is 0 Å². The van der Waals surface area contributed by atoms with Crippen molar-refractivity contribution in [2.24, 2.45) is 0 Å². The maximum absolute atomic E-state index is 11.0. The predicted octanol–water partition coefficient (Wildman–Crippen LogP) is 3.99. The molecule has 0 spiro atoms. The topological polar surface area (TPSA) is 109 Å². The number of nitrogens with zero attached hydrogens (tertiary/aromatic N) is 2. The summed E-state index contributed by atoms with van der Waals surface area (Å²) in [6.07, 6.45) is 1.68. The molecule has 0 unspecified atom stereocenters. The van der Waals surface area contributed by atoms with Gasteiger partial charge in [-0.25, -0.2) is 9.78 Å². The molecular weight excluding hydrogens is 322 g/mol. The monoisotopic (exact) mass is 333 g/mol. The summed E-state index contributed by atoms with van der Waals surface area (Å²) in [5.74, 6) is -0.982. The number of H-pyrrole nitrogens is 1. The molecule has 0 radical (unpaired) electrons. The zero-order valence-electron chi connectivity index (χ0n) is 12.8. The zero-order chi connectivity index (χ0) is 17.6. The fourth-order valence-electron chi connectivity index (χ4n) is 2.84. The number of hydrogen-bond acceptors (Lipinski definition) is 4. The van der Waals surface area contributed by atoms with Gasteiger partial charge in [0.25, 0.3) is 5.69 Å². The number of carbonyl (C=O) groups is 1. The standard InChI is InChI=1S/C18H11N3O4/c22-18(23)11-3-1-10(2-4-11)12-7-15-14-8-13(21(24)25)5-6-16(14)20-17(15)19-9-12/h1-9H,(H,19,20)(H,22,23). The molecule has 0 atom stereocenters. The quantitative estimate of drug-likeness (QED) is 0.435. The van der Waals surface area contributed by atoms with Crippen LogP contribution in [0.1, 0.15) is 10.4 Å². The van der Waals surface area contributed by atoms with Crippen molar-refractivity contribution in [1.82, 2.24) is 9.97 Å². The average Bonchev–Trinajstić information content (AvgIpc) is 2.98. The van der Waals surface area contributed by atoms with Crippen molar-refractivity contribution >= 4 is 33.6 Å². The van der Waals surface area contributed by atoms with E-state index in [1.54, 1.807) is 24.4 Å². The molecule has 0 aliphatic rings. The van der Waals surface area contributed by atoms with E-state index in [-0.39, 0.29) is 11.3 Å². The van der Waals surface area contributed by atoms with E-state index in [1.807, 2.05) is 6.07 Å². The minimum absolute atomic E-state index is 0.0182. The molecule has 0 aliphatic carbocycles. The summed E-state index contributed by atoms with van der Waals surface area (Å²) in [4.78, 5) is 29.1. The number of aromatic carboxylic acids is 1. The second kappa shape index (κ2) is 5.41. The van der Waals surface area contributed by atoms with E-state index in [2.05, 4.69) is 9.97 Å². The van der Waals surface area contributed by atoms with E-state index in [1.165, 1.54) is 24.3 Å². The SMILES string of the molecule is O=C(O)c1ccc(-c2cnc3[nH]c4ccc([N+](=O)[O-])cc4c3c2)cc1. The van der Waals surface area contributed by atoms with Crippen LogP contribution in [0.5, 0.6) is 0 Å². The minimum atomic E-state index is -0.982. The molecule has 2 aromatic heterocycles. The van der Waals surface area contributed by atoms with Gasteiger partial charge in [-0.3, -0.25) is 10.1 Å². The molecular formula is C18H11N3O4. The lowest BCUT2D eigenvalue weighted by molar-refractivity contribution is -0.384. The molecule has 0 amide bonds. The van der Waals surface area contributed by atoms with Gasteiger partial charge in [0.2, 0.25) is 0 Å². The molecule has 0 fully saturated rings. The van der Waals surface area contributed by atoms with Crippen LogP contribution < -0.4 is 0 Å². The van der Waals surface area contributed by atoms with Crippen LogP contribution in [0.2, 0.25) is 0 Å². The number of nitrogens with one attached hydrogen (secondary N) is 1. The molecule has 0 bridgehead atoms. The highest BCUT2D eigenvalue weighted by atomic mass is 16.6. The van der Waals surface area contributed by atoms with Gasteiger partial charge >= 0.3 is 5.97 Å². The van der Waals surface area contributed by atoms with Crippen LogP contribution in [0.25, 0.3) is 33.1 Å². The van der Waals surface area contributed by atoms with Gasteiger partial charge < -0.3 is 10.1 Å². The number of aromatic nitrogens is 2. The molecule has 7 heteroatoms. The van der Waals surface area contributed by atoms with Crippen LogP contribution in [-0.2, 0) is 0 Å². The highest BCUT2D eigenvalue weighted by Gasteiger charge is 2.12. The summed E-state index contributed by atoms with van der Waals surface area (Å²) >= 11 is 0. The summed E-state index contributed by atoms with van der Waals surface area (Å²) in [6.45, 7) is 0. The Balaban J connectivity index is 1.88. The normalized spacial score (nSPS) is 11.0. The highest BCUT2D eigenvalue weighted by Crippen LogP contribution is 2.30. The van der Waals surface area contributed by atoms with Gasteiger partial charge in [-0.1, -0.05) is 12.1 Å². The smallest absolute Gasteiger partial charge is 0.335 e. The lowest BCUT2D eigenvalue weighted by atomic mass is 10.0. The van der Waals surface area contributed by atoms with Gasteiger partial charge in [-0.15, -0.1) is 0 Å². The Bertz CT molecular complexity index is 1150. The lowest BCUT2D eigenvalue weighted by Crippen LogP contribution is -1.95. The van der Waals surface area contributed by atoms with E-state index < -0.39 is 10.9 Å². The van der Waals surface area contributed by atoms with Crippen molar-refractivity contribution in [2.75, 3.05) is 0 Å². The molecule has 122 valence electrons. The van der Waals surface area contributed by atoms with Gasteiger partial charge in [0.15, 0.2) is 0 Å². The molecule has 0 aliphatic heterocycles. The van der Waals surface area contributed by atoms with Crippen molar-refractivity contribution in [3.8, 4) is 11.1 Å². The third-order valence-electron chi connectivity index (χ3n) is 4.11. The van der Waals surface area contributed by atoms with Crippen molar-refractivity contribution in [3.05, 3.63) is 70.4 Å². The van der Waals surface area contributed by atoms with E-state index >= 15 is 0 Å². The van der Waals surface area contributed by atoms with Crippen LogP contribution >= 0.6 is 0 Å². The van der Waals surface area contributed by atoms with Crippen molar-refractivity contribution < 1.29 is 14.8 Å². The number of nitro benzene ring substituents is 1. The Hall–Kier alpha value is -3.74. The van der Waals surface area contributed by atoms with Crippen LogP contribution in [0.3, 0.4) is 0 Å². The number of pyridine rings is 1.